The van der Waals surface area contributed by atoms with Crippen molar-refractivity contribution in [1.29, 1.82) is 0 Å². The van der Waals surface area contributed by atoms with Crippen LogP contribution in [0, 0.1) is 5.92 Å². The Hall–Kier alpha value is -1.03. The van der Waals surface area contributed by atoms with Crippen LogP contribution in [0.15, 0.2) is 24.3 Å². The fourth-order valence-corrected chi connectivity index (χ4v) is 2.03. The van der Waals surface area contributed by atoms with E-state index in [4.69, 9.17) is 0 Å². The largest absolute Gasteiger partial charge is 0.416 e. The van der Waals surface area contributed by atoms with Crippen molar-refractivity contribution in [2.45, 2.75) is 38.0 Å². The third-order valence-electron chi connectivity index (χ3n) is 3.19. The molecule has 1 fully saturated rings. The van der Waals surface area contributed by atoms with Gasteiger partial charge in [0.15, 0.2) is 0 Å². The summed E-state index contributed by atoms with van der Waals surface area (Å²) in [5.41, 5.74) is -1.52. The van der Waals surface area contributed by atoms with Crippen molar-refractivity contribution in [2.24, 2.45) is 5.92 Å². The molecular weight excluding hydrogens is 229 g/mol. The van der Waals surface area contributed by atoms with Crippen molar-refractivity contribution in [3.63, 3.8) is 0 Å². The fraction of sp³-hybridized carbons (Fsp3) is 0.538. The summed E-state index contributed by atoms with van der Waals surface area (Å²) in [6.45, 7) is 1.58. The first kappa shape index (κ1) is 12.4. The van der Waals surface area contributed by atoms with Crippen molar-refractivity contribution < 1.29 is 18.3 Å². The third-order valence-corrected chi connectivity index (χ3v) is 3.19. The molecule has 1 aromatic carbocycles. The molecule has 0 aliphatic heterocycles. The average molecular weight is 244 g/mol. The summed E-state index contributed by atoms with van der Waals surface area (Å²) >= 11 is 0. The van der Waals surface area contributed by atoms with Crippen LogP contribution < -0.4 is 0 Å². The highest BCUT2D eigenvalue weighted by molar-refractivity contribution is 5.29. The number of halogens is 3. The lowest BCUT2D eigenvalue weighted by Gasteiger charge is -2.24. The minimum Gasteiger partial charge on any atom is -0.385 e. The minimum absolute atomic E-state index is 0.347. The summed E-state index contributed by atoms with van der Waals surface area (Å²) in [7, 11) is 0. The lowest BCUT2D eigenvalue weighted by molar-refractivity contribution is -0.137. The maximum Gasteiger partial charge on any atom is 0.416 e. The summed E-state index contributed by atoms with van der Waals surface area (Å²) in [6.07, 6.45) is -1.69. The van der Waals surface area contributed by atoms with E-state index in [-0.39, 0.29) is 0 Å². The molecule has 94 valence electrons. The van der Waals surface area contributed by atoms with Crippen LogP contribution in [0.2, 0.25) is 0 Å². The molecule has 17 heavy (non-hydrogen) atoms. The molecule has 0 bridgehead atoms. The molecule has 1 N–H and O–H groups in total. The summed E-state index contributed by atoms with van der Waals surface area (Å²) in [5, 5.41) is 10.2. The average Bonchev–Trinajstić information content (AvgIpc) is 3.00. The Labute approximate surface area is 98.3 Å². The van der Waals surface area contributed by atoms with Crippen LogP contribution >= 0.6 is 0 Å². The monoisotopic (exact) mass is 244 g/mol. The van der Waals surface area contributed by atoms with Gasteiger partial charge in [-0.3, -0.25) is 0 Å². The molecule has 0 heterocycles. The van der Waals surface area contributed by atoms with Crippen LogP contribution in [0.5, 0.6) is 0 Å². The van der Waals surface area contributed by atoms with Crippen LogP contribution in [0.3, 0.4) is 0 Å². The van der Waals surface area contributed by atoms with Crippen LogP contribution in [-0.2, 0) is 11.8 Å². The molecule has 1 atom stereocenters. The Kier molecular flexibility index (Phi) is 2.94. The van der Waals surface area contributed by atoms with Gasteiger partial charge in [0.25, 0.3) is 0 Å². The van der Waals surface area contributed by atoms with Gasteiger partial charge in [0.05, 0.1) is 11.2 Å². The Balaban J connectivity index is 2.25. The van der Waals surface area contributed by atoms with Gasteiger partial charge in [-0.1, -0.05) is 25.0 Å². The van der Waals surface area contributed by atoms with Gasteiger partial charge in [0.1, 0.15) is 0 Å². The van der Waals surface area contributed by atoms with Gasteiger partial charge < -0.3 is 5.11 Å². The van der Waals surface area contributed by atoms with E-state index in [1.165, 1.54) is 6.07 Å². The zero-order valence-electron chi connectivity index (χ0n) is 9.59. The second-order valence-corrected chi connectivity index (χ2v) is 5.00. The Morgan fingerprint density at radius 1 is 1.24 bits per heavy atom. The topological polar surface area (TPSA) is 20.2 Å². The zero-order valence-corrected chi connectivity index (χ0v) is 9.59. The van der Waals surface area contributed by atoms with E-state index in [9.17, 15) is 18.3 Å². The van der Waals surface area contributed by atoms with Crippen LogP contribution in [-0.4, -0.2) is 5.11 Å². The molecule has 0 amide bonds. The molecule has 1 saturated carbocycles. The molecule has 0 spiro atoms. The van der Waals surface area contributed by atoms with Crippen molar-refractivity contribution >= 4 is 0 Å². The van der Waals surface area contributed by atoms with E-state index in [1.54, 1.807) is 13.0 Å². The van der Waals surface area contributed by atoms with Crippen molar-refractivity contribution in [3.05, 3.63) is 35.4 Å². The summed E-state index contributed by atoms with van der Waals surface area (Å²) in [4.78, 5) is 0. The Morgan fingerprint density at radius 3 is 2.35 bits per heavy atom. The van der Waals surface area contributed by atoms with Crippen molar-refractivity contribution in [1.82, 2.24) is 0 Å². The number of benzene rings is 1. The number of alkyl halides is 3. The van der Waals surface area contributed by atoms with Crippen LogP contribution in [0.25, 0.3) is 0 Å². The van der Waals surface area contributed by atoms with Gasteiger partial charge in [-0.25, -0.2) is 0 Å². The summed E-state index contributed by atoms with van der Waals surface area (Å²) in [6, 6.07) is 4.97. The van der Waals surface area contributed by atoms with Gasteiger partial charge in [-0.15, -0.1) is 0 Å². The maximum absolute atomic E-state index is 12.5. The normalized spacial score (nSPS) is 20.1. The number of aliphatic hydroxyl groups is 1. The van der Waals surface area contributed by atoms with Gasteiger partial charge in [0, 0.05) is 0 Å². The third kappa shape index (κ3) is 3.00. The molecule has 1 nitrogen and oxygen atoms in total. The SMILES string of the molecule is CC(O)(CC1CC1)c1cccc(C(F)(F)F)c1. The number of rotatable bonds is 3. The van der Waals surface area contributed by atoms with E-state index in [0.29, 0.717) is 17.9 Å². The smallest absolute Gasteiger partial charge is 0.385 e. The van der Waals surface area contributed by atoms with E-state index in [2.05, 4.69) is 0 Å². The molecule has 0 radical (unpaired) electrons. The predicted octanol–water partition coefficient (Wildman–Crippen LogP) is 3.71. The van der Waals surface area contributed by atoms with Gasteiger partial charge in [-0.05, 0) is 37.0 Å². The fourth-order valence-electron chi connectivity index (χ4n) is 2.03. The van der Waals surface area contributed by atoms with Crippen LogP contribution in [0.1, 0.15) is 37.3 Å². The highest BCUT2D eigenvalue weighted by Crippen LogP contribution is 2.41. The second kappa shape index (κ2) is 4.02. The van der Waals surface area contributed by atoms with Gasteiger partial charge in [-0.2, -0.15) is 13.2 Å². The highest BCUT2D eigenvalue weighted by Gasteiger charge is 2.35. The van der Waals surface area contributed by atoms with Crippen molar-refractivity contribution in [2.75, 3.05) is 0 Å². The molecule has 1 aromatic rings. The molecule has 2 rings (SSSR count). The first-order chi connectivity index (χ1) is 7.79. The van der Waals surface area contributed by atoms with E-state index in [0.717, 1.165) is 25.0 Å². The highest BCUT2D eigenvalue weighted by atomic mass is 19.4. The molecule has 1 aliphatic carbocycles. The molecular formula is C13H15F3O. The van der Waals surface area contributed by atoms with Gasteiger partial charge in [0.2, 0.25) is 0 Å². The lowest BCUT2D eigenvalue weighted by Crippen LogP contribution is -2.22. The van der Waals surface area contributed by atoms with E-state index in [1.807, 2.05) is 0 Å². The predicted molar refractivity (Wildman–Crippen MR) is 58.4 cm³/mol. The Bertz CT molecular complexity index is 405. The maximum atomic E-state index is 12.5. The van der Waals surface area contributed by atoms with Gasteiger partial charge >= 0.3 is 6.18 Å². The summed E-state index contributed by atoms with van der Waals surface area (Å²) in [5.74, 6) is 0.458. The molecule has 4 heteroatoms. The molecule has 1 unspecified atom stereocenters. The number of hydrogen-bond acceptors (Lipinski definition) is 1. The minimum atomic E-state index is -4.36. The first-order valence-electron chi connectivity index (χ1n) is 5.69. The Morgan fingerprint density at radius 2 is 1.82 bits per heavy atom. The zero-order chi connectivity index (χ0) is 12.7. The van der Waals surface area contributed by atoms with Crippen molar-refractivity contribution in [3.8, 4) is 0 Å². The molecule has 1 aliphatic rings. The second-order valence-electron chi connectivity index (χ2n) is 5.00. The standard InChI is InChI=1S/C13H15F3O/c1-12(17,8-9-5-6-9)10-3-2-4-11(7-10)13(14,15)16/h2-4,7,9,17H,5-6,8H2,1H3. The summed E-state index contributed by atoms with van der Waals surface area (Å²) < 4.78 is 37.6. The lowest BCUT2D eigenvalue weighted by atomic mass is 9.89. The number of hydrogen-bond donors (Lipinski definition) is 1. The van der Waals surface area contributed by atoms with E-state index < -0.39 is 17.3 Å². The molecule has 0 saturated heterocycles. The van der Waals surface area contributed by atoms with E-state index >= 15 is 0 Å². The van der Waals surface area contributed by atoms with Crippen LogP contribution in [0.4, 0.5) is 13.2 Å². The quantitative estimate of drug-likeness (QED) is 0.859. The first-order valence-corrected chi connectivity index (χ1v) is 5.69. The molecule has 0 aromatic heterocycles.